The van der Waals surface area contributed by atoms with Crippen LogP contribution >= 0.6 is 0 Å². The molecular weight excluding hydrogens is 238 g/mol. The van der Waals surface area contributed by atoms with E-state index < -0.39 is 0 Å². The van der Waals surface area contributed by atoms with Gasteiger partial charge in [-0.05, 0) is 32.4 Å². The Morgan fingerprint density at radius 2 is 2.16 bits per heavy atom. The molecule has 0 unspecified atom stereocenters. The Balaban J connectivity index is 1.98. The van der Waals surface area contributed by atoms with Crippen LogP contribution in [0.1, 0.15) is 36.8 Å². The number of furan rings is 1. The Kier molecular flexibility index (Phi) is 4.43. The standard InChI is InChI=1S/C15H23N3O/c1-11(2)8-16-9-14-7-15(19-12(14)3)10-18-6-5-17-13(18)4/h5-7,11,16H,8-10H2,1-4H3. The number of hydrogen-bond acceptors (Lipinski definition) is 3. The SMILES string of the molecule is Cc1oc(Cn2ccnc2C)cc1CNCC(C)C. The Morgan fingerprint density at radius 1 is 1.37 bits per heavy atom. The summed E-state index contributed by atoms with van der Waals surface area (Å²) in [5.74, 6) is 3.66. The molecule has 0 spiro atoms. The topological polar surface area (TPSA) is 43.0 Å². The van der Waals surface area contributed by atoms with E-state index in [9.17, 15) is 0 Å². The summed E-state index contributed by atoms with van der Waals surface area (Å²) in [5.41, 5.74) is 1.24. The first-order valence-electron chi connectivity index (χ1n) is 6.83. The quantitative estimate of drug-likeness (QED) is 0.869. The summed E-state index contributed by atoms with van der Waals surface area (Å²) >= 11 is 0. The fourth-order valence-corrected chi connectivity index (χ4v) is 2.08. The molecule has 4 heteroatoms. The number of imidazole rings is 1. The van der Waals surface area contributed by atoms with Crippen LogP contribution in [-0.4, -0.2) is 16.1 Å². The second-order valence-corrected chi connectivity index (χ2v) is 5.42. The van der Waals surface area contributed by atoms with E-state index in [1.165, 1.54) is 5.56 Å². The van der Waals surface area contributed by atoms with E-state index in [0.717, 1.165) is 37.0 Å². The lowest BCUT2D eigenvalue weighted by Crippen LogP contribution is -2.18. The van der Waals surface area contributed by atoms with Crippen molar-refractivity contribution >= 4 is 0 Å². The summed E-state index contributed by atoms with van der Waals surface area (Å²) in [7, 11) is 0. The molecule has 2 rings (SSSR count). The number of nitrogens with zero attached hydrogens (tertiary/aromatic N) is 2. The molecular formula is C15H23N3O. The van der Waals surface area contributed by atoms with E-state index in [0.29, 0.717) is 5.92 Å². The molecule has 1 N–H and O–H groups in total. The lowest BCUT2D eigenvalue weighted by molar-refractivity contribution is 0.463. The molecule has 2 aromatic rings. The lowest BCUT2D eigenvalue weighted by atomic mass is 10.2. The van der Waals surface area contributed by atoms with E-state index in [1.54, 1.807) is 0 Å². The highest BCUT2D eigenvalue weighted by Crippen LogP contribution is 2.16. The monoisotopic (exact) mass is 261 g/mol. The zero-order chi connectivity index (χ0) is 13.8. The molecule has 2 heterocycles. The molecule has 0 aliphatic heterocycles. The van der Waals surface area contributed by atoms with Crippen molar-refractivity contribution in [2.45, 2.75) is 40.8 Å². The van der Waals surface area contributed by atoms with Crippen molar-refractivity contribution < 1.29 is 4.42 Å². The summed E-state index contributed by atoms with van der Waals surface area (Å²) in [5, 5.41) is 3.45. The van der Waals surface area contributed by atoms with Crippen LogP contribution in [0.4, 0.5) is 0 Å². The Bertz CT molecular complexity index is 525. The van der Waals surface area contributed by atoms with Crippen LogP contribution in [0.25, 0.3) is 0 Å². The van der Waals surface area contributed by atoms with Crippen LogP contribution < -0.4 is 5.32 Å². The molecule has 0 bridgehead atoms. The van der Waals surface area contributed by atoms with Gasteiger partial charge in [-0.1, -0.05) is 13.8 Å². The van der Waals surface area contributed by atoms with Gasteiger partial charge in [0, 0.05) is 24.5 Å². The van der Waals surface area contributed by atoms with Gasteiger partial charge in [-0.25, -0.2) is 4.98 Å². The van der Waals surface area contributed by atoms with Crippen molar-refractivity contribution in [1.29, 1.82) is 0 Å². The van der Waals surface area contributed by atoms with Gasteiger partial charge in [-0.2, -0.15) is 0 Å². The van der Waals surface area contributed by atoms with Crippen LogP contribution in [0.15, 0.2) is 22.9 Å². The minimum atomic E-state index is 0.667. The van der Waals surface area contributed by atoms with Gasteiger partial charge >= 0.3 is 0 Å². The van der Waals surface area contributed by atoms with E-state index in [4.69, 9.17) is 4.42 Å². The Hall–Kier alpha value is -1.55. The molecule has 0 radical (unpaired) electrons. The molecule has 0 aromatic carbocycles. The third-order valence-corrected chi connectivity index (χ3v) is 3.19. The maximum Gasteiger partial charge on any atom is 0.124 e. The average molecular weight is 261 g/mol. The maximum absolute atomic E-state index is 5.81. The largest absolute Gasteiger partial charge is 0.464 e. The summed E-state index contributed by atoms with van der Waals surface area (Å²) in [6.45, 7) is 11.1. The molecule has 4 nitrogen and oxygen atoms in total. The molecule has 0 aliphatic rings. The van der Waals surface area contributed by atoms with Gasteiger partial charge in [0.2, 0.25) is 0 Å². The predicted octanol–water partition coefficient (Wildman–Crippen LogP) is 2.89. The Labute approximate surface area is 114 Å². The van der Waals surface area contributed by atoms with E-state index in [-0.39, 0.29) is 0 Å². The number of nitrogens with one attached hydrogen (secondary N) is 1. The minimum absolute atomic E-state index is 0.667. The molecule has 2 aromatic heterocycles. The first-order chi connectivity index (χ1) is 9.06. The molecule has 0 aliphatic carbocycles. The second kappa shape index (κ2) is 6.06. The van der Waals surface area contributed by atoms with Crippen molar-refractivity contribution in [3.05, 3.63) is 41.4 Å². The molecule has 0 atom stereocenters. The summed E-state index contributed by atoms with van der Waals surface area (Å²) in [4.78, 5) is 4.22. The van der Waals surface area contributed by atoms with Crippen molar-refractivity contribution in [3.63, 3.8) is 0 Å². The molecule has 0 amide bonds. The third kappa shape index (κ3) is 3.70. The van der Waals surface area contributed by atoms with Crippen molar-refractivity contribution in [1.82, 2.24) is 14.9 Å². The summed E-state index contributed by atoms with van der Waals surface area (Å²) in [6, 6.07) is 2.14. The average Bonchev–Trinajstić information content (AvgIpc) is 2.87. The van der Waals surface area contributed by atoms with Crippen LogP contribution in [0.3, 0.4) is 0 Å². The van der Waals surface area contributed by atoms with Gasteiger partial charge in [-0.3, -0.25) is 0 Å². The molecule has 0 fully saturated rings. The highest BCUT2D eigenvalue weighted by atomic mass is 16.3. The minimum Gasteiger partial charge on any atom is -0.464 e. The first-order valence-corrected chi connectivity index (χ1v) is 6.83. The fourth-order valence-electron chi connectivity index (χ4n) is 2.08. The number of aromatic nitrogens is 2. The van der Waals surface area contributed by atoms with E-state index in [1.807, 2.05) is 26.2 Å². The molecule has 0 saturated carbocycles. The predicted molar refractivity (Wildman–Crippen MR) is 76.1 cm³/mol. The van der Waals surface area contributed by atoms with E-state index >= 15 is 0 Å². The van der Waals surface area contributed by atoms with Gasteiger partial charge in [0.1, 0.15) is 17.3 Å². The lowest BCUT2D eigenvalue weighted by Gasteiger charge is -2.05. The van der Waals surface area contributed by atoms with Crippen molar-refractivity contribution in [2.75, 3.05) is 6.54 Å². The van der Waals surface area contributed by atoms with Crippen LogP contribution in [0, 0.1) is 19.8 Å². The van der Waals surface area contributed by atoms with Gasteiger partial charge in [-0.15, -0.1) is 0 Å². The van der Waals surface area contributed by atoms with Crippen molar-refractivity contribution in [3.8, 4) is 0 Å². The second-order valence-electron chi connectivity index (χ2n) is 5.42. The van der Waals surface area contributed by atoms with Crippen LogP contribution in [0.2, 0.25) is 0 Å². The zero-order valence-electron chi connectivity index (χ0n) is 12.2. The molecule has 0 saturated heterocycles. The summed E-state index contributed by atoms with van der Waals surface area (Å²) in [6.07, 6.45) is 3.79. The van der Waals surface area contributed by atoms with E-state index in [2.05, 4.69) is 34.8 Å². The third-order valence-electron chi connectivity index (χ3n) is 3.19. The van der Waals surface area contributed by atoms with Crippen LogP contribution in [-0.2, 0) is 13.1 Å². The summed E-state index contributed by atoms with van der Waals surface area (Å²) < 4.78 is 7.90. The number of rotatable bonds is 6. The highest BCUT2D eigenvalue weighted by Gasteiger charge is 2.08. The highest BCUT2D eigenvalue weighted by molar-refractivity contribution is 5.21. The zero-order valence-corrected chi connectivity index (χ0v) is 12.2. The van der Waals surface area contributed by atoms with Gasteiger partial charge in [0.05, 0.1) is 6.54 Å². The van der Waals surface area contributed by atoms with Crippen LogP contribution in [0.5, 0.6) is 0 Å². The number of hydrogen-bond donors (Lipinski definition) is 1. The van der Waals surface area contributed by atoms with Gasteiger partial charge in [0.15, 0.2) is 0 Å². The molecule has 19 heavy (non-hydrogen) atoms. The Morgan fingerprint density at radius 3 is 2.79 bits per heavy atom. The fraction of sp³-hybridized carbons (Fsp3) is 0.533. The molecule has 104 valence electrons. The normalized spacial score (nSPS) is 11.4. The first kappa shape index (κ1) is 13.9. The van der Waals surface area contributed by atoms with Crippen molar-refractivity contribution in [2.24, 2.45) is 5.92 Å². The number of aryl methyl sites for hydroxylation is 2. The van der Waals surface area contributed by atoms with Gasteiger partial charge < -0.3 is 14.3 Å². The van der Waals surface area contributed by atoms with Gasteiger partial charge in [0.25, 0.3) is 0 Å². The smallest absolute Gasteiger partial charge is 0.124 e. The maximum atomic E-state index is 5.81.